The fourth-order valence-electron chi connectivity index (χ4n) is 1.86. The Kier molecular flexibility index (Phi) is 4.42. The molecule has 0 aliphatic rings. The number of carbonyl (C=O) groups excluding carboxylic acids is 1. The topological polar surface area (TPSA) is 85.8 Å². The van der Waals surface area contributed by atoms with Crippen LogP contribution in [0.2, 0.25) is 0 Å². The van der Waals surface area contributed by atoms with Gasteiger partial charge in [-0.15, -0.1) is 16.9 Å². The summed E-state index contributed by atoms with van der Waals surface area (Å²) in [6, 6.07) is 11.7. The van der Waals surface area contributed by atoms with Crippen LogP contribution in [0.5, 0.6) is 0 Å². The maximum Gasteiger partial charge on any atom is 0.322 e. The molecule has 2 aromatic heterocycles. The molecule has 3 rings (SSSR count). The number of rotatable bonds is 5. The number of benzene rings is 1. The highest BCUT2D eigenvalue weighted by Crippen LogP contribution is 2.22. The molecule has 1 N–H and O–H groups in total. The number of aryl methyl sites for hydroxylation is 2. The Bertz CT molecular complexity index is 793. The lowest BCUT2D eigenvalue weighted by molar-refractivity contribution is 0.101. The lowest BCUT2D eigenvalue weighted by atomic mass is 10.3. The first-order valence-electron chi connectivity index (χ1n) is 6.94. The van der Waals surface area contributed by atoms with Crippen LogP contribution >= 0.6 is 11.8 Å². The predicted octanol–water partition coefficient (Wildman–Crippen LogP) is 2.66. The van der Waals surface area contributed by atoms with Gasteiger partial charge >= 0.3 is 6.01 Å². The number of anilines is 1. The van der Waals surface area contributed by atoms with Crippen molar-refractivity contribution in [1.82, 2.24) is 20.0 Å². The summed E-state index contributed by atoms with van der Waals surface area (Å²) in [4.78, 5) is 13.2. The van der Waals surface area contributed by atoms with Gasteiger partial charge in [0.05, 0.1) is 5.75 Å². The van der Waals surface area contributed by atoms with E-state index in [1.807, 2.05) is 37.3 Å². The summed E-state index contributed by atoms with van der Waals surface area (Å²) >= 11 is 1.58. The molecule has 0 aliphatic carbocycles. The third-order valence-electron chi connectivity index (χ3n) is 3.14. The van der Waals surface area contributed by atoms with Crippen molar-refractivity contribution in [2.75, 3.05) is 5.32 Å². The highest BCUT2D eigenvalue weighted by molar-refractivity contribution is 7.98. The summed E-state index contributed by atoms with van der Waals surface area (Å²) < 4.78 is 7.05. The number of hydrogen-bond acceptors (Lipinski definition) is 6. The fourth-order valence-corrected chi connectivity index (χ4v) is 2.61. The molecule has 118 valence electrons. The van der Waals surface area contributed by atoms with Crippen LogP contribution in [0, 0.1) is 6.92 Å². The van der Waals surface area contributed by atoms with Crippen molar-refractivity contribution in [1.29, 1.82) is 0 Å². The number of nitrogens with one attached hydrogen (secondary N) is 1. The van der Waals surface area contributed by atoms with Crippen molar-refractivity contribution in [3.8, 4) is 0 Å². The third-order valence-corrected chi connectivity index (χ3v) is 4.14. The van der Waals surface area contributed by atoms with Gasteiger partial charge in [0.25, 0.3) is 5.91 Å². The number of nitrogens with zero attached hydrogens (tertiary/aromatic N) is 4. The van der Waals surface area contributed by atoms with Crippen LogP contribution in [0.1, 0.15) is 22.1 Å². The van der Waals surface area contributed by atoms with Crippen LogP contribution < -0.4 is 5.32 Å². The normalized spacial score (nSPS) is 10.7. The van der Waals surface area contributed by atoms with Crippen LogP contribution in [0.3, 0.4) is 0 Å². The van der Waals surface area contributed by atoms with Gasteiger partial charge in [0, 0.05) is 17.6 Å². The molecular weight excluding hydrogens is 314 g/mol. The molecular formula is C15H15N5O2S. The SMILES string of the molecule is Cc1cc(C(=O)Nc2nnc(CSc3ccccc3)o2)nn1C. The summed E-state index contributed by atoms with van der Waals surface area (Å²) in [6.45, 7) is 1.87. The van der Waals surface area contributed by atoms with Gasteiger partial charge in [0.1, 0.15) is 0 Å². The van der Waals surface area contributed by atoms with E-state index in [1.165, 1.54) is 0 Å². The zero-order valence-corrected chi connectivity index (χ0v) is 13.5. The number of carbonyl (C=O) groups is 1. The largest absolute Gasteiger partial charge is 0.407 e. The summed E-state index contributed by atoms with van der Waals surface area (Å²) in [5, 5.41) is 14.4. The van der Waals surface area contributed by atoms with Crippen LogP contribution in [-0.2, 0) is 12.8 Å². The second kappa shape index (κ2) is 6.66. The molecule has 0 unspecified atom stereocenters. The minimum atomic E-state index is -0.375. The van der Waals surface area contributed by atoms with Crippen molar-refractivity contribution >= 4 is 23.7 Å². The zero-order valence-electron chi connectivity index (χ0n) is 12.7. The molecule has 1 aromatic carbocycles. The van der Waals surface area contributed by atoms with E-state index in [-0.39, 0.29) is 11.9 Å². The Morgan fingerprint density at radius 3 is 2.78 bits per heavy atom. The predicted molar refractivity (Wildman–Crippen MR) is 86.2 cm³/mol. The molecule has 0 bridgehead atoms. The Balaban J connectivity index is 1.59. The minimum Gasteiger partial charge on any atom is -0.407 e. The van der Waals surface area contributed by atoms with Crippen LogP contribution in [0.25, 0.3) is 0 Å². The lowest BCUT2D eigenvalue weighted by Gasteiger charge is -1.97. The van der Waals surface area contributed by atoms with Crippen molar-refractivity contribution in [3.63, 3.8) is 0 Å². The van der Waals surface area contributed by atoms with Crippen molar-refractivity contribution in [2.24, 2.45) is 7.05 Å². The quantitative estimate of drug-likeness (QED) is 0.724. The van der Waals surface area contributed by atoms with E-state index in [4.69, 9.17) is 4.42 Å². The summed E-state index contributed by atoms with van der Waals surface area (Å²) in [6.07, 6.45) is 0. The lowest BCUT2D eigenvalue weighted by Crippen LogP contribution is -2.13. The third kappa shape index (κ3) is 3.78. The average Bonchev–Trinajstić information content (AvgIpc) is 3.13. The monoisotopic (exact) mass is 329 g/mol. The highest BCUT2D eigenvalue weighted by Gasteiger charge is 2.15. The number of thioether (sulfide) groups is 1. The first-order chi connectivity index (χ1) is 11.1. The maximum absolute atomic E-state index is 12.0. The molecule has 1 amide bonds. The number of amides is 1. The maximum atomic E-state index is 12.0. The Morgan fingerprint density at radius 1 is 1.30 bits per heavy atom. The van der Waals surface area contributed by atoms with Gasteiger partial charge in [0.15, 0.2) is 5.69 Å². The highest BCUT2D eigenvalue weighted by atomic mass is 32.2. The molecule has 0 saturated heterocycles. The summed E-state index contributed by atoms with van der Waals surface area (Å²) in [5.74, 6) is 0.612. The fraction of sp³-hybridized carbons (Fsp3) is 0.200. The first kappa shape index (κ1) is 15.3. The molecule has 0 aliphatic heterocycles. The second-order valence-corrected chi connectivity index (χ2v) is 5.90. The van der Waals surface area contributed by atoms with Gasteiger partial charge in [-0.1, -0.05) is 23.3 Å². The molecule has 2 heterocycles. The standard InChI is InChI=1S/C15H15N5O2S/c1-10-8-12(19-20(10)2)14(21)16-15-18-17-13(22-15)9-23-11-6-4-3-5-7-11/h3-8H,9H2,1-2H3,(H,16,18,21). The minimum absolute atomic E-state index is 0.0713. The van der Waals surface area contributed by atoms with Gasteiger partial charge in [-0.05, 0) is 25.1 Å². The Morgan fingerprint density at radius 2 is 2.09 bits per heavy atom. The van der Waals surface area contributed by atoms with Gasteiger partial charge in [0.2, 0.25) is 5.89 Å². The molecule has 0 spiro atoms. The Hall–Kier alpha value is -2.61. The molecule has 3 aromatic rings. The molecule has 0 radical (unpaired) electrons. The van der Waals surface area contributed by atoms with Crippen molar-refractivity contribution in [3.05, 3.63) is 53.7 Å². The average molecular weight is 329 g/mol. The van der Waals surface area contributed by atoms with Crippen molar-refractivity contribution in [2.45, 2.75) is 17.6 Å². The van der Waals surface area contributed by atoms with Crippen molar-refractivity contribution < 1.29 is 9.21 Å². The molecule has 23 heavy (non-hydrogen) atoms. The molecule has 0 atom stereocenters. The molecule has 0 saturated carbocycles. The van der Waals surface area contributed by atoms with Gasteiger partial charge in [-0.2, -0.15) is 5.10 Å². The summed E-state index contributed by atoms with van der Waals surface area (Å²) in [7, 11) is 1.78. The number of aromatic nitrogens is 4. The van der Waals surface area contributed by atoms with E-state index < -0.39 is 0 Å². The van der Waals surface area contributed by atoms with Gasteiger partial charge < -0.3 is 4.42 Å². The zero-order chi connectivity index (χ0) is 16.2. The molecule has 0 fully saturated rings. The molecule has 7 nitrogen and oxygen atoms in total. The molecule has 8 heteroatoms. The smallest absolute Gasteiger partial charge is 0.322 e. The van der Waals surface area contributed by atoms with Gasteiger partial charge in [-0.25, -0.2) is 0 Å². The number of hydrogen-bond donors (Lipinski definition) is 1. The van der Waals surface area contributed by atoms with E-state index in [0.717, 1.165) is 10.6 Å². The van der Waals surface area contributed by atoms with E-state index in [0.29, 0.717) is 17.3 Å². The first-order valence-corrected chi connectivity index (χ1v) is 7.92. The van der Waals surface area contributed by atoms with E-state index in [1.54, 1.807) is 29.6 Å². The van der Waals surface area contributed by atoms with E-state index in [9.17, 15) is 4.79 Å². The van der Waals surface area contributed by atoms with Crippen LogP contribution in [0.15, 0.2) is 45.7 Å². The van der Waals surface area contributed by atoms with Crippen LogP contribution in [-0.4, -0.2) is 25.9 Å². The van der Waals surface area contributed by atoms with Gasteiger partial charge in [-0.3, -0.25) is 14.8 Å². The van der Waals surface area contributed by atoms with E-state index in [2.05, 4.69) is 20.6 Å². The second-order valence-electron chi connectivity index (χ2n) is 4.85. The summed E-state index contributed by atoms with van der Waals surface area (Å²) in [5.41, 5.74) is 1.20. The van der Waals surface area contributed by atoms with Crippen LogP contribution in [0.4, 0.5) is 6.01 Å². The van der Waals surface area contributed by atoms with E-state index >= 15 is 0 Å². The Labute approximate surface area is 137 Å².